The number of hydrogen-bond acceptors (Lipinski definition) is 9. The minimum atomic E-state index is -0.873. The topological polar surface area (TPSA) is 114 Å². The third kappa shape index (κ3) is 6.17. The molecule has 2 aromatic carbocycles. The lowest BCUT2D eigenvalue weighted by molar-refractivity contribution is -0.384. The lowest BCUT2D eigenvalue weighted by atomic mass is 9.80. The standard InChI is InChI=1S/C30H36N4O6/c1-19-9-10-25(20(2)17-19)33-13-11-32(12-14-33)15-16-40-30(36)27-22(4)31-21(3)26(29(35)39-5)28(27)23-7-6-8-24(18-23)34(37)38/h6-10,17-18,28,31H,11-16H2,1-5H3. The number of piperazine rings is 1. The third-order valence-corrected chi connectivity index (χ3v) is 7.51. The van der Waals surface area contributed by atoms with E-state index in [1.165, 1.54) is 42.1 Å². The molecule has 1 N–H and O–H groups in total. The minimum Gasteiger partial charge on any atom is -0.466 e. The monoisotopic (exact) mass is 548 g/mol. The molecule has 0 radical (unpaired) electrons. The summed E-state index contributed by atoms with van der Waals surface area (Å²) in [5, 5.41) is 14.5. The number of methoxy groups -OCH3 is 1. The average Bonchev–Trinajstić information content (AvgIpc) is 2.92. The smallest absolute Gasteiger partial charge is 0.336 e. The summed E-state index contributed by atoms with van der Waals surface area (Å²) >= 11 is 0. The van der Waals surface area contributed by atoms with Crippen LogP contribution in [-0.4, -0.2) is 68.2 Å². The summed E-state index contributed by atoms with van der Waals surface area (Å²) in [6.45, 7) is 11.9. The molecular formula is C30H36N4O6. The van der Waals surface area contributed by atoms with Crippen molar-refractivity contribution in [1.82, 2.24) is 10.2 Å². The highest BCUT2D eigenvalue weighted by Gasteiger charge is 2.38. The molecule has 1 saturated heterocycles. The number of non-ortho nitro benzene ring substituents is 1. The Kier molecular flexibility index (Phi) is 8.89. The number of allylic oxidation sites excluding steroid dienone is 2. The molecule has 0 aromatic heterocycles. The Morgan fingerprint density at radius 3 is 2.27 bits per heavy atom. The summed E-state index contributed by atoms with van der Waals surface area (Å²) < 4.78 is 10.7. The van der Waals surface area contributed by atoms with Gasteiger partial charge in [-0.1, -0.05) is 29.8 Å². The second-order valence-electron chi connectivity index (χ2n) is 10.2. The molecule has 2 aliphatic heterocycles. The van der Waals surface area contributed by atoms with E-state index in [-0.39, 0.29) is 23.4 Å². The van der Waals surface area contributed by atoms with Crippen molar-refractivity contribution >= 4 is 23.3 Å². The number of rotatable bonds is 8. The zero-order chi connectivity index (χ0) is 29.0. The molecule has 10 heteroatoms. The van der Waals surface area contributed by atoms with E-state index in [1.54, 1.807) is 19.9 Å². The van der Waals surface area contributed by atoms with Crippen LogP contribution < -0.4 is 10.2 Å². The largest absolute Gasteiger partial charge is 0.466 e. The Balaban J connectivity index is 1.45. The number of carbonyl (C=O) groups excluding carboxylic acids is 2. The predicted octanol–water partition coefficient (Wildman–Crippen LogP) is 3.98. The van der Waals surface area contributed by atoms with Gasteiger partial charge in [-0.3, -0.25) is 15.0 Å². The van der Waals surface area contributed by atoms with E-state index in [0.29, 0.717) is 23.5 Å². The quantitative estimate of drug-likeness (QED) is 0.297. The van der Waals surface area contributed by atoms with Crippen molar-refractivity contribution in [3.63, 3.8) is 0 Å². The highest BCUT2D eigenvalue weighted by atomic mass is 16.6. The highest BCUT2D eigenvalue weighted by Crippen LogP contribution is 2.40. The Bertz CT molecular complexity index is 1370. The number of nitro groups is 1. The lowest BCUT2D eigenvalue weighted by Crippen LogP contribution is -2.47. The molecule has 0 spiro atoms. The summed E-state index contributed by atoms with van der Waals surface area (Å²) in [7, 11) is 1.26. The molecule has 0 saturated carbocycles. The maximum absolute atomic E-state index is 13.5. The van der Waals surface area contributed by atoms with Gasteiger partial charge in [0.2, 0.25) is 0 Å². The minimum absolute atomic E-state index is 0.136. The van der Waals surface area contributed by atoms with Gasteiger partial charge in [-0.05, 0) is 44.9 Å². The highest BCUT2D eigenvalue weighted by molar-refractivity contribution is 5.99. The fourth-order valence-electron chi connectivity index (χ4n) is 5.51. The number of nitrogens with one attached hydrogen (secondary N) is 1. The van der Waals surface area contributed by atoms with E-state index in [9.17, 15) is 19.7 Å². The van der Waals surface area contributed by atoms with Gasteiger partial charge in [-0.2, -0.15) is 0 Å². The van der Waals surface area contributed by atoms with Crippen LogP contribution in [0.1, 0.15) is 36.5 Å². The zero-order valence-corrected chi connectivity index (χ0v) is 23.7. The van der Waals surface area contributed by atoms with Gasteiger partial charge in [-0.15, -0.1) is 0 Å². The van der Waals surface area contributed by atoms with Crippen LogP contribution in [0.15, 0.2) is 65.0 Å². The second kappa shape index (κ2) is 12.3. The van der Waals surface area contributed by atoms with Crippen LogP contribution in [0, 0.1) is 24.0 Å². The number of nitro benzene ring substituents is 1. The molecule has 2 aliphatic rings. The van der Waals surface area contributed by atoms with Crippen molar-refractivity contribution in [3.05, 3.63) is 91.8 Å². The summed E-state index contributed by atoms with van der Waals surface area (Å²) in [6, 6.07) is 12.4. The first-order valence-electron chi connectivity index (χ1n) is 13.3. The van der Waals surface area contributed by atoms with Gasteiger partial charge in [0.25, 0.3) is 5.69 Å². The van der Waals surface area contributed by atoms with Crippen molar-refractivity contribution in [1.29, 1.82) is 0 Å². The maximum Gasteiger partial charge on any atom is 0.336 e. The van der Waals surface area contributed by atoms with Crippen LogP contribution in [0.25, 0.3) is 0 Å². The number of nitrogens with zero attached hydrogens (tertiary/aromatic N) is 3. The zero-order valence-electron chi connectivity index (χ0n) is 23.7. The number of dihydropyridines is 1. The van der Waals surface area contributed by atoms with Gasteiger partial charge >= 0.3 is 11.9 Å². The molecule has 0 aliphatic carbocycles. The van der Waals surface area contributed by atoms with Gasteiger partial charge < -0.3 is 19.7 Å². The summed E-state index contributed by atoms with van der Waals surface area (Å²) in [4.78, 5) is 41.9. The number of hydrogen-bond donors (Lipinski definition) is 1. The van der Waals surface area contributed by atoms with E-state index in [4.69, 9.17) is 9.47 Å². The summed E-state index contributed by atoms with van der Waals surface area (Å²) in [5.41, 5.74) is 5.54. The van der Waals surface area contributed by atoms with Crippen LogP contribution in [0.5, 0.6) is 0 Å². The van der Waals surface area contributed by atoms with Gasteiger partial charge in [0.1, 0.15) is 6.61 Å². The number of aryl methyl sites for hydroxylation is 2. The molecule has 0 bridgehead atoms. The molecule has 2 heterocycles. The fraction of sp³-hybridized carbons (Fsp3) is 0.400. The molecular weight excluding hydrogens is 512 g/mol. The Labute approximate surface area is 234 Å². The van der Waals surface area contributed by atoms with Crippen LogP contribution in [-0.2, 0) is 19.1 Å². The fourth-order valence-corrected chi connectivity index (χ4v) is 5.51. The van der Waals surface area contributed by atoms with Crippen molar-refractivity contribution in [2.24, 2.45) is 0 Å². The van der Waals surface area contributed by atoms with Crippen molar-refractivity contribution in [2.45, 2.75) is 33.6 Å². The number of esters is 2. The van der Waals surface area contributed by atoms with Gasteiger partial charge in [0.15, 0.2) is 0 Å². The number of ether oxygens (including phenoxy) is 2. The van der Waals surface area contributed by atoms with E-state index in [1.807, 2.05) is 0 Å². The van der Waals surface area contributed by atoms with Crippen molar-refractivity contribution < 1.29 is 24.0 Å². The lowest BCUT2D eigenvalue weighted by Gasteiger charge is -2.36. The molecule has 0 amide bonds. The number of benzene rings is 2. The van der Waals surface area contributed by atoms with Crippen molar-refractivity contribution in [3.8, 4) is 0 Å². The van der Waals surface area contributed by atoms with Crippen LogP contribution in [0.2, 0.25) is 0 Å². The number of carbonyl (C=O) groups is 2. The van der Waals surface area contributed by atoms with Gasteiger partial charge in [0.05, 0.1) is 29.1 Å². The number of anilines is 1. The van der Waals surface area contributed by atoms with Gasteiger partial charge in [-0.25, -0.2) is 9.59 Å². The second-order valence-corrected chi connectivity index (χ2v) is 10.2. The van der Waals surface area contributed by atoms with Gasteiger partial charge in [0, 0.05) is 61.9 Å². The van der Waals surface area contributed by atoms with Crippen molar-refractivity contribution in [2.75, 3.05) is 51.3 Å². The Morgan fingerprint density at radius 2 is 1.65 bits per heavy atom. The van der Waals surface area contributed by atoms with Crippen LogP contribution in [0.4, 0.5) is 11.4 Å². The molecule has 212 valence electrons. The molecule has 1 unspecified atom stereocenters. The first kappa shape index (κ1) is 28.8. The van der Waals surface area contributed by atoms with E-state index in [0.717, 1.165) is 26.2 Å². The van der Waals surface area contributed by atoms with E-state index < -0.39 is 22.8 Å². The molecule has 1 fully saturated rings. The summed E-state index contributed by atoms with van der Waals surface area (Å²) in [6.07, 6.45) is 0. The SMILES string of the molecule is COC(=O)C1=C(C)NC(C)=C(C(=O)OCCN2CCN(c3ccc(C)cc3C)CC2)C1c1cccc([N+](=O)[O-])c1. The van der Waals surface area contributed by atoms with Crippen LogP contribution >= 0.6 is 0 Å². The molecule has 10 nitrogen and oxygen atoms in total. The Hall–Kier alpha value is -4.18. The van der Waals surface area contributed by atoms with E-state index in [2.05, 4.69) is 47.2 Å². The normalized spacial score (nSPS) is 17.9. The maximum atomic E-state index is 13.5. The molecule has 4 rings (SSSR count). The molecule has 40 heavy (non-hydrogen) atoms. The first-order valence-corrected chi connectivity index (χ1v) is 13.3. The van der Waals surface area contributed by atoms with Crippen LogP contribution in [0.3, 0.4) is 0 Å². The first-order chi connectivity index (χ1) is 19.1. The molecule has 1 atom stereocenters. The Morgan fingerprint density at radius 1 is 0.975 bits per heavy atom. The predicted molar refractivity (Wildman–Crippen MR) is 152 cm³/mol. The summed E-state index contributed by atoms with van der Waals surface area (Å²) in [5.74, 6) is -2.08. The molecule has 2 aromatic rings. The third-order valence-electron chi connectivity index (χ3n) is 7.51. The van der Waals surface area contributed by atoms with E-state index >= 15 is 0 Å². The average molecular weight is 549 g/mol.